The molecular formula is C18H26N4O2. The molecule has 6 nitrogen and oxygen atoms in total. The standard InChI is InChI=1S/C18H26N4O2/c23-17(19-9-12-6-7-12)14-4-2-8-22(11-14)18(24)15-5-1-3-13-10-20-21-16(13)15/h10,12,14-15H,1-9,11H2,(H,19,23)(H,20,21). The van der Waals surface area contributed by atoms with Gasteiger partial charge in [-0.2, -0.15) is 5.10 Å². The predicted molar refractivity (Wildman–Crippen MR) is 89.3 cm³/mol. The van der Waals surface area contributed by atoms with Crippen LogP contribution in [0.1, 0.15) is 55.7 Å². The Labute approximate surface area is 142 Å². The first-order valence-corrected chi connectivity index (χ1v) is 9.31. The van der Waals surface area contributed by atoms with Crippen molar-refractivity contribution < 1.29 is 9.59 Å². The van der Waals surface area contributed by atoms with Crippen molar-refractivity contribution in [1.82, 2.24) is 20.4 Å². The largest absolute Gasteiger partial charge is 0.356 e. The van der Waals surface area contributed by atoms with Crippen LogP contribution in [0.5, 0.6) is 0 Å². The summed E-state index contributed by atoms with van der Waals surface area (Å²) in [6, 6.07) is 0. The molecule has 0 bridgehead atoms. The van der Waals surface area contributed by atoms with Gasteiger partial charge in [0.25, 0.3) is 0 Å². The summed E-state index contributed by atoms with van der Waals surface area (Å²) < 4.78 is 0. The number of H-pyrrole nitrogens is 1. The van der Waals surface area contributed by atoms with E-state index in [4.69, 9.17) is 0 Å². The van der Waals surface area contributed by atoms with Crippen LogP contribution in [-0.4, -0.2) is 46.5 Å². The third kappa shape index (κ3) is 3.19. The second-order valence-electron chi connectivity index (χ2n) is 7.57. The number of likely N-dealkylation sites (tertiary alicyclic amines) is 1. The summed E-state index contributed by atoms with van der Waals surface area (Å²) in [5.41, 5.74) is 2.17. The van der Waals surface area contributed by atoms with Gasteiger partial charge in [0.05, 0.1) is 23.7 Å². The minimum absolute atomic E-state index is 0.0497. The van der Waals surface area contributed by atoms with E-state index >= 15 is 0 Å². The number of carbonyl (C=O) groups excluding carboxylic acids is 2. The number of amides is 2. The van der Waals surface area contributed by atoms with E-state index in [1.54, 1.807) is 0 Å². The normalized spacial score (nSPS) is 26.8. The van der Waals surface area contributed by atoms with Crippen LogP contribution in [0.25, 0.3) is 0 Å². The number of piperidine rings is 1. The predicted octanol–water partition coefficient (Wildman–Crippen LogP) is 1.59. The molecule has 2 N–H and O–H groups in total. The number of fused-ring (bicyclic) bond motifs is 1. The van der Waals surface area contributed by atoms with E-state index in [0.29, 0.717) is 12.5 Å². The van der Waals surface area contributed by atoms with Crippen molar-refractivity contribution >= 4 is 11.8 Å². The summed E-state index contributed by atoms with van der Waals surface area (Å²) in [6.07, 6.45) is 9.04. The lowest BCUT2D eigenvalue weighted by molar-refractivity contribution is -0.137. The Morgan fingerprint density at radius 2 is 2.12 bits per heavy atom. The van der Waals surface area contributed by atoms with Crippen molar-refractivity contribution in [3.05, 3.63) is 17.5 Å². The van der Waals surface area contributed by atoms with Crippen molar-refractivity contribution in [2.24, 2.45) is 11.8 Å². The van der Waals surface area contributed by atoms with Gasteiger partial charge in [0.15, 0.2) is 0 Å². The molecule has 130 valence electrons. The van der Waals surface area contributed by atoms with Gasteiger partial charge in [-0.15, -0.1) is 0 Å². The number of carbonyl (C=O) groups is 2. The fraction of sp³-hybridized carbons (Fsp3) is 0.722. The van der Waals surface area contributed by atoms with Crippen LogP contribution < -0.4 is 5.32 Å². The van der Waals surface area contributed by atoms with Gasteiger partial charge in [0.1, 0.15) is 0 Å². The summed E-state index contributed by atoms with van der Waals surface area (Å²) in [5.74, 6) is 0.831. The van der Waals surface area contributed by atoms with Crippen LogP contribution in [0, 0.1) is 11.8 Å². The van der Waals surface area contributed by atoms with E-state index in [0.717, 1.165) is 50.9 Å². The molecule has 2 fully saturated rings. The van der Waals surface area contributed by atoms with Crippen LogP contribution in [-0.2, 0) is 16.0 Å². The number of aryl methyl sites for hydroxylation is 1. The Bertz CT molecular complexity index is 622. The van der Waals surface area contributed by atoms with Gasteiger partial charge in [-0.25, -0.2) is 0 Å². The highest BCUT2D eigenvalue weighted by Gasteiger charge is 2.35. The molecule has 6 heteroatoms. The number of hydrogen-bond acceptors (Lipinski definition) is 3. The zero-order valence-electron chi connectivity index (χ0n) is 14.1. The van der Waals surface area contributed by atoms with Crippen molar-refractivity contribution in [2.75, 3.05) is 19.6 Å². The number of hydrogen-bond donors (Lipinski definition) is 2. The van der Waals surface area contributed by atoms with E-state index in [1.807, 2.05) is 11.1 Å². The van der Waals surface area contributed by atoms with Crippen molar-refractivity contribution in [2.45, 2.75) is 50.9 Å². The summed E-state index contributed by atoms with van der Waals surface area (Å²) in [5, 5.41) is 10.2. The highest BCUT2D eigenvalue weighted by molar-refractivity contribution is 5.85. The lowest BCUT2D eigenvalue weighted by atomic mass is 9.86. The second-order valence-corrected chi connectivity index (χ2v) is 7.57. The van der Waals surface area contributed by atoms with E-state index in [-0.39, 0.29) is 23.7 Å². The quantitative estimate of drug-likeness (QED) is 0.880. The lowest BCUT2D eigenvalue weighted by Gasteiger charge is -2.35. The van der Waals surface area contributed by atoms with Gasteiger partial charge < -0.3 is 10.2 Å². The molecule has 0 aromatic carbocycles. The first-order chi connectivity index (χ1) is 11.7. The third-order valence-corrected chi connectivity index (χ3v) is 5.70. The molecule has 1 aliphatic heterocycles. The molecule has 0 radical (unpaired) electrons. The minimum atomic E-state index is -0.107. The fourth-order valence-corrected chi connectivity index (χ4v) is 4.03. The fourth-order valence-electron chi connectivity index (χ4n) is 4.03. The first-order valence-electron chi connectivity index (χ1n) is 9.31. The van der Waals surface area contributed by atoms with Gasteiger partial charge in [-0.05, 0) is 56.4 Å². The second kappa shape index (κ2) is 6.57. The maximum Gasteiger partial charge on any atom is 0.231 e. The zero-order chi connectivity index (χ0) is 16.5. The van der Waals surface area contributed by atoms with Gasteiger partial charge in [0.2, 0.25) is 11.8 Å². The maximum atomic E-state index is 13.0. The molecule has 3 aliphatic rings. The minimum Gasteiger partial charge on any atom is -0.356 e. The smallest absolute Gasteiger partial charge is 0.231 e. The molecular weight excluding hydrogens is 304 g/mol. The van der Waals surface area contributed by atoms with E-state index in [2.05, 4.69) is 15.5 Å². The SMILES string of the molecule is O=C(NCC1CC1)C1CCCN(C(=O)C2CCCc3cn[nH]c32)C1. The number of aromatic amines is 1. The topological polar surface area (TPSA) is 78.1 Å². The Kier molecular flexibility index (Phi) is 4.29. The van der Waals surface area contributed by atoms with Crippen LogP contribution in [0.3, 0.4) is 0 Å². The van der Waals surface area contributed by atoms with Crippen LogP contribution in [0.15, 0.2) is 6.20 Å². The number of nitrogens with zero attached hydrogens (tertiary/aromatic N) is 2. The van der Waals surface area contributed by atoms with Crippen molar-refractivity contribution in [3.8, 4) is 0 Å². The molecule has 1 saturated heterocycles. The first kappa shape index (κ1) is 15.7. The van der Waals surface area contributed by atoms with E-state index in [9.17, 15) is 9.59 Å². The third-order valence-electron chi connectivity index (χ3n) is 5.70. The van der Waals surface area contributed by atoms with Gasteiger partial charge >= 0.3 is 0 Å². The van der Waals surface area contributed by atoms with Crippen LogP contribution in [0.2, 0.25) is 0 Å². The molecule has 2 amide bonds. The summed E-state index contributed by atoms with van der Waals surface area (Å²) in [4.78, 5) is 27.3. The maximum absolute atomic E-state index is 13.0. The number of aromatic nitrogens is 2. The Hall–Kier alpha value is -1.85. The van der Waals surface area contributed by atoms with Gasteiger partial charge in [-0.1, -0.05) is 0 Å². The van der Waals surface area contributed by atoms with Crippen molar-refractivity contribution in [1.29, 1.82) is 0 Å². The van der Waals surface area contributed by atoms with E-state index < -0.39 is 0 Å². The van der Waals surface area contributed by atoms with Crippen LogP contribution >= 0.6 is 0 Å². The van der Waals surface area contributed by atoms with Gasteiger partial charge in [0, 0.05) is 19.6 Å². The molecule has 24 heavy (non-hydrogen) atoms. The molecule has 1 aromatic heterocycles. The number of rotatable bonds is 4. The molecule has 0 spiro atoms. The molecule has 4 rings (SSSR count). The average molecular weight is 330 g/mol. The van der Waals surface area contributed by atoms with Gasteiger partial charge in [-0.3, -0.25) is 14.7 Å². The number of nitrogens with one attached hydrogen (secondary N) is 2. The summed E-state index contributed by atoms with van der Waals surface area (Å²) in [6.45, 7) is 2.14. The van der Waals surface area contributed by atoms with Crippen LogP contribution in [0.4, 0.5) is 0 Å². The highest BCUT2D eigenvalue weighted by Crippen LogP contribution is 2.32. The Balaban J connectivity index is 1.39. The molecule has 2 unspecified atom stereocenters. The van der Waals surface area contributed by atoms with E-state index in [1.165, 1.54) is 18.4 Å². The monoisotopic (exact) mass is 330 g/mol. The highest BCUT2D eigenvalue weighted by atomic mass is 16.2. The molecule has 1 saturated carbocycles. The zero-order valence-corrected chi connectivity index (χ0v) is 14.1. The average Bonchev–Trinajstić information content (AvgIpc) is 3.33. The molecule has 2 atom stereocenters. The summed E-state index contributed by atoms with van der Waals surface area (Å²) >= 11 is 0. The Morgan fingerprint density at radius 1 is 1.25 bits per heavy atom. The summed E-state index contributed by atoms with van der Waals surface area (Å²) in [7, 11) is 0. The molecule has 1 aromatic rings. The molecule has 2 heterocycles. The molecule has 2 aliphatic carbocycles. The lowest BCUT2D eigenvalue weighted by Crippen LogP contribution is -2.47. The van der Waals surface area contributed by atoms with Crippen molar-refractivity contribution in [3.63, 3.8) is 0 Å². The Morgan fingerprint density at radius 3 is 2.96 bits per heavy atom.